The fourth-order valence-electron chi connectivity index (χ4n) is 2.70. The number of rotatable bonds is 0. The molecule has 2 aliphatic rings. The standard InChI is InChI=1S/C13H11NO2S2.K/c15-13-14-12-11(18-13)10-7(6-17-12)5-16-9-4-2-1-3-8(9)10;/h1-4,7,10H,5-6H2,(H,14,15);/q;+1/p-1. The van der Waals surface area contributed by atoms with Crippen LogP contribution in [0, 0.1) is 5.92 Å². The zero-order valence-corrected chi connectivity index (χ0v) is 15.2. The quantitative estimate of drug-likeness (QED) is 0.604. The Morgan fingerprint density at radius 2 is 2.16 bits per heavy atom. The fraction of sp³-hybridized carbons (Fsp3) is 0.308. The molecule has 6 heteroatoms. The number of ether oxygens (including phenoxy) is 1. The zero-order chi connectivity index (χ0) is 12.1. The number of hydrogen-bond donors (Lipinski definition) is 0. The number of nitrogens with zero attached hydrogens (tertiary/aromatic N) is 1. The molecule has 2 atom stereocenters. The second-order valence-corrected chi connectivity index (χ2v) is 6.55. The third-order valence-electron chi connectivity index (χ3n) is 3.50. The van der Waals surface area contributed by atoms with Gasteiger partial charge in [-0.3, -0.25) is 0 Å². The van der Waals surface area contributed by atoms with Crippen molar-refractivity contribution in [3.8, 4) is 5.75 Å². The second-order valence-electron chi connectivity index (χ2n) is 4.55. The molecule has 0 bridgehead atoms. The van der Waals surface area contributed by atoms with Crippen LogP contribution in [0.2, 0.25) is 0 Å². The van der Waals surface area contributed by atoms with E-state index < -0.39 is 0 Å². The van der Waals surface area contributed by atoms with Crippen molar-refractivity contribution in [3.05, 3.63) is 44.4 Å². The van der Waals surface area contributed by atoms with E-state index >= 15 is 0 Å². The number of thioether (sulfide) groups is 1. The molecule has 92 valence electrons. The number of aromatic nitrogens is 1. The Balaban J connectivity index is 0.00000110. The van der Waals surface area contributed by atoms with Crippen molar-refractivity contribution in [3.63, 3.8) is 0 Å². The number of fused-ring (bicyclic) bond motifs is 5. The Morgan fingerprint density at radius 3 is 3.05 bits per heavy atom. The number of thiazole rings is 1. The molecule has 0 amide bonds. The van der Waals surface area contributed by atoms with E-state index in [2.05, 4.69) is 11.1 Å². The van der Waals surface area contributed by atoms with Gasteiger partial charge in [-0.15, -0.1) is 23.1 Å². The molecule has 2 unspecified atom stereocenters. The molecule has 2 aromatic rings. The van der Waals surface area contributed by atoms with Crippen molar-refractivity contribution < 1.29 is 56.1 Å². The van der Waals surface area contributed by atoms with Gasteiger partial charge in [-0.25, -0.2) is 0 Å². The van der Waals surface area contributed by atoms with Gasteiger partial charge in [-0.1, -0.05) is 23.2 Å². The van der Waals surface area contributed by atoms with Crippen LogP contribution in [-0.4, -0.2) is 12.4 Å². The first-order valence-corrected chi connectivity index (χ1v) is 7.65. The Bertz CT molecular complexity index is 667. The first-order valence-electron chi connectivity index (χ1n) is 5.85. The van der Waals surface area contributed by atoms with Crippen LogP contribution in [0.3, 0.4) is 0 Å². The summed E-state index contributed by atoms with van der Waals surface area (Å²) in [6.45, 7) is 0.736. The average molecular weight is 315 g/mol. The summed E-state index contributed by atoms with van der Waals surface area (Å²) in [6, 6.07) is 8.14. The predicted molar refractivity (Wildman–Crippen MR) is 71.9 cm³/mol. The second kappa shape index (κ2) is 5.67. The van der Waals surface area contributed by atoms with Crippen LogP contribution in [0.15, 0.2) is 34.1 Å². The van der Waals surface area contributed by atoms with Crippen LogP contribution in [0.1, 0.15) is 16.4 Å². The maximum atomic E-state index is 11.5. The maximum absolute atomic E-state index is 11.5. The van der Waals surface area contributed by atoms with Gasteiger partial charge >= 0.3 is 51.4 Å². The predicted octanol–water partition coefficient (Wildman–Crippen LogP) is -0.684. The Kier molecular flexibility index (Phi) is 4.29. The van der Waals surface area contributed by atoms with Gasteiger partial charge in [-0.05, 0) is 6.07 Å². The van der Waals surface area contributed by atoms with Gasteiger partial charge in [0.05, 0.1) is 6.61 Å². The Hall–Kier alpha value is 0.436. The molecule has 0 N–H and O–H groups in total. The molecule has 0 radical (unpaired) electrons. The molecule has 0 saturated heterocycles. The summed E-state index contributed by atoms with van der Waals surface area (Å²) in [6.07, 6.45) is 0. The van der Waals surface area contributed by atoms with Crippen LogP contribution in [-0.2, 0) is 0 Å². The van der Waals surface area contributed by atoms with Crippen molar-refractivity contribution >= 4 is 23.1 Å². The van der Waals surface area contributed by atoms with Gasteiger partial charge in [0.15, 0.2) is 0 Å². The van der Waals surface area contributed by atoms with Crippen LogP contribution < -0.4 is 66.0 Å². The number of benzene rings is 1. The van der Waals surface area contributed by atoms with Gasteiger partial charge in [0.1, 0.15) is 10.6 Å². The average Bonchev–Trinajstić information content (AvgIpc) is 2.78. The van der Waals surface area contributed by atoms with Gasteiger partial charge in [0.25, 0.3) is 0 Å². The van der Waals surface area contributed by atoms with Crippen molar-refractivity contribution in [1.82, 2.24) is 4.98 Å². The smallest absolute Gasteiger partial charge is 0.608 e. The third-order valence-corrected chi connectivity index (χ3v) is 5.74. The topological polar surface area (TPSA) is 40.4 Å². The minimum absolute atomic E-state index is 0. The van der Waals surface area contributed by atoms with Crippen LogP contribution >= 0.6 is 23.1 Å². The molecule has 0 spiro atoms. The van der Waals surface area contributed by atoms with Crippen LogP contribution in [0.25, 0.3) is 0 Å². The normalized spacial score (nSPS) is 23.4. The van der Waals surface area contributed by atoms with E-state index in [1.807, 2.05) is 18.2 Å². The molecule has 0 fully saturated rings. The molecule has 3 heterocycles. The van der Waals surface area contributed by atoms with Crippen molar-refractivity contribution in [2.75, 3.05) is 12.4 Å². The SMILES string of the molecule is O=c1[n-]c2c(s1)C1c3ccccc3OCC1CS2.[K+]. The summed E-state index contributed by atoms with van der Waals surface area (Å²) in [4.78, 5) is 16.7. The van der Waals surface area contributed by atoms with E-state index in [-0.39, 0.29) is 56.3 Å². The number of para-hydroxylation sites is 1. The first-order chi connectivity index (χ1) is 8.83. The molecular formula is C13H10KNO2S2. The largest absolute Gasteiger partial charge is 1.00 e. The molecule has 2 aliphatic heterocycles. The van der Waals surface area contributed by atoms with Crippen molar-refractivity contribution in [1.29, 1.82) is 0 Å². The van der Waals surface area contributed by atoms with Gasteiger partial charge in [0.2, 0.25) is 0 Å². The third kappa shape index (κ3) is 2.41. The first kappa shape index (κ1) is 14.4. The molecule has 1 aromatic heterocycles. The van der Waals surface area contributed by atoms with Crippen LogP contribution in [0.4, 0.5) is 0 Å². The summed E-state index contributed by atoms with van der Waals surface area (Å²) in [5.41, 5.74) is 1.21. The van der Waals surface area contributed by atoms with Gasteiger partial charge < -0.3 is 14.5 Å². The molecule has 4 rings (SSSR count). The number of hydrogen-bond acceptors (Lipinski definition) is 4. The minimum atomic E-state index is -0.0721. The van der Waals surface area contributed by atoms with E-state index in [9.17, 15) is 4.79 Å². The van der Waals surface area contributed by atoms with Crippen molar-refractivity contribution in [2.24, 2.45) is 5.92 Å². The summed E-state index contributed by atoms with van der Waals surface area (Å²) in [5.74, 6) is 2.69. The molecule has 3 nitrogen and oxygen atoms in total. The van der Waals surface area contributed by atoms with E-state index in [0.29, 0.717) is 11.8 Å². The summed E-state index contributed by atoms with van der Waals surface area (Å²) < 4.78 is 5.81. The fourth-order valence-corrected chi connectivity index (χ4v) is 5.04. The summed E-state index contributed by atoms with van der Waals surface area (Å²) >= 11 is 2.99. The van der Waals surface area contributed by atoms with E-state index in [1.165, 1.54) is 16.9 Å². The van der Waals surface area contributed by atoms with Crippen molar-refractivity contribution in [2.45, 2.75) is 10.9 Å². The molecule has 0 saturated carbocycles. The summed E-state index contributed by atoms with van der Waals surface area (Å²) in [7, 11) is 0. The minimum Gasteiger partial charge on any atom is -0.608 e. The van der Waals surface area contributed by atoms with Gasteiger partial charge in [-0.2, -0.15) is 0 Å². The Labute approximate surface area is 161 Å². The molecule has 19 heavy (non-hydrogen) atoms. The van der Waals surface area contributed by atoms with Crippen LogP contribution in [0.5, 0.6) is 5.75 Å². The molecule has 0 aliphatic carbocycles. The zero-order valence-electron chi connectivity index (χ0n) is 10.5. The van der Waals surface area contributed by atoms with Gasteiger partial charge in [0, 0.05) is 28.0 Å². The van der Waals surface area contributed by atoms with E-state index in [1.54, 1.807) is 11.8 Å². The summed E-state index contributed by atoms with van der Waals surface area (Å²) in [5, 5.41) is 0.933. The maximum Gasteiger partial charge on any atom is 1.00 e. The molecule has 1 aromatic carbocycles. The molecular weight excluding hydrogens is 305 g/mol. The monoisotopic (exact) mass is 315 g/mol. The van der Waals surface area contributed by atoms with E-state index in [4.69, 9.17) is 4.74 Å². The van der Waals surface area contributed by atoms with E-state index in [0.717, 1.165) is 28.0 Å². The Morgan fingerprint density at radius 1 is 1.32 bits per heavy atom.